The molecule has 2 amide bonds. The van der Waals surface area contributed by atoms with Gasteiger partial charge in [0.15, 0.2) is 0 Å². The Morgan fingerprint density at radius 1 is 0.929 bits per heavy atom. The van der Waals surface area contributed by atoms with E-state index in [4.69, 9.17) is 0 Å². The van der Waals surface area contributed by atoms with Gasteiger partial charge in [-0.3, -0.25) is 9.59 Å². The summed E-state index contributed by atoms with van der Waals surface area (Å²) in [6.45, 7) is 2.67. The number of amides is 2. The minimum atomic E-state index is -0.248. The molecule has 0 radical (unpaired) electrons. The van der Waals surface area contributed by atoms with Crippen molar-refractivity contribution in [1.29, 1.82) is 0 Å². The lowest BCUT2D eigenvalue weighted by Gasteiger charge is -2.35. The third-order valence-electron chi connectivity index (χ3n) is 4.77. The zero-order valence-corrected chi connectivity index (χ0v) is 16.1. The van der Waals surface area contributed by atoms with Gasteiger partial charge in [0.25, 0.3) is 5.91 Å². The Hall–Kier alpha value is -3.15. The second-order valence-corrected chi connectivity index (χ2v) is 6.94. The quantitative estimate of drug-likeness (QED) is 0.765. The summed E-state index contributed by atoms with van der Waals surface area (Å²) in [6, 6.07) is 13.6. The van der Waals surface area contributed by atoms with E-state index in [-0.39, 0.29) is 17.6 Å². The molecule has 0 saturated carbocycles. The van der Waals surface area contributed by atoms with E-state index in [9.17, 15) is 14.0 Å². The molecule has 5 nitrogen and oxygen atoms in total. The summed E-state index contributed by atoms with van der Waals surface area (Å²) in [4.78, 5) is 29.8. The van der Waals surface area contributed by atoms with Crippen LogP contribution < -0.4 is 4.90 Å². The monoisotopic (exact) mass is 381 g/mol. The fourth-order valence-electron chi connectivity index (χ4n) is 3.10. The lowest BCUT2D eigenvalue weighted by molar-refractivity contribution is -0.126. The van der Waals surface area contributed by atoms with Crippen molar-refractivity contribution in [3.8, 4) is 0 Å². The first-order valence-corrected chi connectivity index (χ1v) is 9.23. The van der Waals surface area contributed by atoms with Crippen LogP contribution in [0.3, 0.4) is 0 Å². The highest BCUT2D eigenvalue weighted by Crippen LogP contribution is 2.17. The third-order valence-corrected chi connectivity index (χ3v) is 4.77. The van der Waals surface area contributed by atoms with E-state index >= 15 is 0 Å². The summed E-state index contributed by atoms with van der Waals surface area (Å²) in [6.07, 6.45) is 3.33. The number of rotatable bonds is 4. The molecular formula is C22H24FN3O2. The van der Waals surface area contributed by atoms with Gasteiger partial charge >= 0.3 is 0 Å². The first kappa shape index (κ1) is 19.6. The molecule has 28 heavy (non-hydrogen) atoms. The van der Waals surface area contributed by atoms with Gasteiger partial charge in [-0.05, 0) is 48.0 Å². The van der Waals surface area contributed by atoms with Gasteiger partial charge in [-0.2, -0.15) is 0 Å². The number of halogens is 1. The van der Waals surface area contributed by atoms with Crippen molar-refractivity contribution in [1.82, 2.24) is 9.80 Å². The molecule has 2 aromatic rings. The molecule has 0 atom stereocenters. The highest BCUT2D eigenvalue weighted by atomic mass is 19.1. The van der Waals surface area contributed by atoms with Gasteiger partial charge < -0.3 is 14.7 Å². The molecular weight excluding hydrogens is 357 g/mol. The number of carbonyl (C=O) groups excluding carboxylic acids is 2. The van der Waals surface area contributed by atoms with E-state index in [1.54, 1.807) is 55.4 Å². The Bertz CT molecular complexity index is 852. The summed E-state index contributed by atoms with van der Waals surface area (Å²) >= 11 is 0. The Morgan fingerprint density at radius 2 is 1.54 bits per heavy atom. The van der Waals surface area contributed by atoms with Crippen LogP contribution in [0.2, 0.25) is 0 Å². The largest absolute Gasteiger partial charge is 0.368 e. The lowest BCUT2D eigenvalue weighted by atomic mass is 10.1. The molecule has 0 bridgehead atoms. The maximum Gasteiger partial charge on any atom is 0.253 e. The molecule has 0 spiro atoms. The second kappa shape index (κ2) is 8.69. The Kier molecular flexibility index (Phi) is 6.09. The van der Waals surface area contributed by atoms with Crippen molar-refractivity contribution in [2.45, 2.75) is 0 Å². The molecule has 146 valence electrons. The molecule has 1 saturated heterocycles. The maximum absolute atomic E-state index is 13.0. The fraction of sp³-hybridized carbons (Fsp3) is 0.273. The molecule has 0 aliphatic carbocycles. The second-order valence-electron chi connectivity index (χ2n) is 6.94. The zero-order chi connectivity index (χ0) is 20.1. The molecule has 0 aromatic heterocycles. The average molecular weight is 381 g/mol. The predicted molar refractivity (Wildman–Crippen MR) is 109 cm³/mol. The number of hydrogen-bond donors (Lipinski definition) is 0. The topological polar surface area (TPSA) is 43.9 Å². The zero-order valence-electron chi connectivity index (χ0n) is 16.1. The van der Waals surface area contributed by atoms with Crippen LogP contribution >= 0.6 is 0 Å². The Labute approximate surface area is 164 Å². The predicted octanol–water partition coefficient (Wildman–Crippen LogP) is 2.89. The van der Waals surface area contributed by atoms with Gasteiger partial charge in [0.2, 0.25) is 5.91 Å². The minimum absolute atomic E-state index is 0.0350. The van der Waals surface area contributed by atoms with E-state index in [0.717, 1.165) is 11.3 Å². The van der Waals surface area contributed by atoms with Crippen molar-refractivity contribution in [2.75, 3.05) is 45.2 Å². The van der Waals surface area contributed by atoms with E-state index in [1.807, 2.05) is 12.1 Å². The van der Waals surface area contributed by atoms with Crippen LogP contribution in [-0.2, 0) is 4.79 Å². The third kappa shape index (κ3) is 4.76. The number of anilines is 1. The summed E-state index contributed by atoms with van der Waals surface area (Å²) in [5.41, 5.74) is 2.45. The standard InChI is InChI=1S/C22H24FN3O2/c1-24(2)22(28)18-6-3-17(4-7-18)5-12-21(27)26-15-13-25(14-16-26)20-10-8-19(23)9-11-20/h3-12H,13-16H2,1-2H3/b12-5+. The number of hydrogen-bond acceptors (Lipinski definition) is 3. The molecule has 2 aromatic carbocycles. The molecule has 1 heterocycles. The van der Waals surface area contributed by atoms with Crippen molar-refractivity contribution < 1.29 is 14.0 Å². The lowest BCUT2D eigenvalue weighted by Crippen LogP contribution is -2.48. The van der Waals surface area contributed by atoms with Crippen LogP contribution in [0.25, 0.3) is 6.08 Å². The Balaban J connectivity index is 1.54. The van der Waals surface area contributed by atoms with E-state index in [1.165, 1.54) is 17.0 Å². The Morgan fingerprint density at radius 3 is 2.11 bits per heavy atom. The van der Waals surface area contributed by atoms with Crippen LogP contribution in [-0.4, -0.2) is 61.9 Å². The van der Waals surface area contributed by atoms with Gasteiger partial charge in [0.1, 0.15) is 5.82 Å². The maximum atomic E-state index is 13.0. The SMILES string of the molecule is CN(C)C(=O)c1ccc(/C=C/C(=O)N2CCN(c3ccc(F)cc3)CC2)cc1. The highest BCUT2D eigenvalue weighted by molar-refractivity contribution is 5.94. The highest BCUT2D eigenvalue weighted by Gasteiger charge is 2.19. The number of nitrogens with zero attached hydrogens (tertiary/aromatic N) is 3. The normalized spacial score (nSPS) is 14.4. The van der Waals surface area contributed by atoms with Crippen LogP contribution in [0, 0.1) is 5.82 Å². The smallest absolute Gasteiger partial charge is 0.253 e. The van der Waals surface area contributed by atoms with Gasteiger partial charge in [-0.1, -0.05) is 12.1 Å². The van der Waals surface area contributed by atoms with Crippen LogP contribution in [0.5, 0.6) is 0 Å². The number of piperazine rings is 1. The molecule has 6 heteroatoms. The minimum Gasteiger partial charge on any atom is -0.368 e. The van der Waals surface area contributed by atoms with Crippen molar-refractivity contribution >= 4 is 23.6 Å². The first-order chi connectivity index (χ1) is 13.4. The summed E-state index contributed by atoms with van der Waals surface area (Å²) in [7, 11) is 3.43. The molecule has 1 aliphatic rings. The van der Waals surface area contributed by atoms with Crippen molar-refractivity contribution in [3.05, 3.63) is 71.6 Å². The molecule has 0 unspecified atom stereocenters. The van der Waals surface area contributed by atoms with Crippen LogP contribution in [0.4, 0.5) is 10.1 Å². The molecule has 1 fully saturated rings. The molecule has 0 N–H and O–H groups in total. The average Bonchev–Trinajstić information content (AvgIpc) is 2.72. The van der Waals surface area contributed by atoms with Gasteiger partial charge in [-0.25, -0.2) is 4.39 Å². The first-order valence-electron chi connectivity index (χ1n) is 9.23. The molecule has 3 rings (SSSR count). The molecule has 1 aliphatic heterocycles. The van der Waals surface area contributed by atoms with Gasteiger partial charge in [0.05, 0.1) is 0 Å². The summed E-state index contributed by atoms with van der Waals surface area (Å²) in [5.74, 6) is -0.334. The van der Waals surface area contributed by atoms with Crippen LogP contribution in [0.15, 0.2) is 54.6 Å². The van der Waals surface area contributed by atoms with Crippen molar-refractivity contribution in [3.63, 3.8) is 0 Å². The van der Waals surface area contributed by atoms with Gasteiger partial charge in [-0.15, -0.1) is 0 Å². The number of benzene rings is 2. The van der Waals surface area contributed by atoms with E-state index in [0.29, 0.717) is 31.7 Å². The van der Waals surface area contributed by atoms with E-state index < -0.39 is 0 Å². The summed E-state index contributed by atoms with van der Waals surface area (Å²) < 4.78 is 13.0. The number of carbonyl (C=O) groups is 2. The van der Waals surface area contributed by atoms with Gasteiger partial charge in [0, 0.05) is 57.6 Å². The van der Waals surface area contributed by atoms with Crippen LogP contribution in [0.1, 0.15) is 15.9 Å². The fourth-order valence-corrected chi connectivity index (χ4v) is 3.10. The van der Waals surface area contributed by atoms with E-state index in [2.05, 4.69) is 4.90 Å². The van der Waals surface area contributed by atoms with Crippen molar-refractivity contribution in [2.24, 2.45) is 0 Å². The summed E-state index contributed by atoms with van der Waals surface area (Å²) in [5, 5.41) is 0.